The van der Waals surface area contributed by atoms with Gasteiger partial charge in [-0.1, -0.05) is 46.4 Å². The van der Waals surface area contributed by atoms with Crippen molar-refractivity contribution < 1.29 is 0 Å². The van der Waals surface area contributed by atoms with Crippen molar-refractivity contribution in [2.45, 2.75) is 32.7 Å². The fourth-order valence-electron chi connectivity index (χ4n) is 2.74. The fourth-order valence-corrected chi connectivity index (χ4v) is 3.41. The first-order valence-corrected chi connectivity index (χ1v) is 9.67. The molecule has 3 nitrogen and oxygen atoms in total. The van der Waals surface area contributed by atoms with E-state index in [1.165, 1.54) is 5.56 Å². The second-order valence-corrected chi connectivity index (χ2v) is 7.90. The molecule has 2 aromatic carbocycles. The highest BCUT2D eigenvalue weighted by molar-refractivity contribution is 6.43. The predicted molar refractivity (Wildman–Crippen MR) is 112 cm³/mol. The van der Waals surface area contributed by atoms with E-state index in [1.807, 2.05) is 19.1 Å². The number of fused-ring (bicyclic) bond motifs is 2. The largest absolute Gasteiger partial charge is 0.382 e. The summed E-state index contributed by atoms with van der Waals surface area (Å²) in [7, 11) is 0. The van der Waals surface area contributed by atoms with Crippen LogP contribution in [0.15, 0.2) is 30.5 Å². The van der Waals surface area contributed by atoms with Gasteiger partial charge in [-0.15, -0.1) is 0 Å². The Morgan fingerprint density at radius 2 is 1.54 bits per heavy atom. The number of hydrogen-bond acceptors (Lipinski definition) is 3. The smallest absolute Gasteiger partial charge is 0.0905 e. The van der Waals surface area contributed by atoms with E-state index >= 15 is 0 Å². The topological polar surface area (TPSA) is 37.8 Å². The molecular weight excluding hydrogens is 412 g/mol. The molecule has 0 fully saturated rings. The molecule has 0 amide bonds. The maximum Gasteiger partial charge on any atom is 0.0905 e. The summed E-state index contributed by atoms with van der Waals surface area (Å²) in [6, 6.07) is 7.84. The number of halogens is 4. The Labute approximate surface area is 172 Å². The van der Waals surface area contributed by atoms with Crippen molar-refractivity contribution in [3.8, 4) is 0 Å². The molecule has 1 N–H and O–H groups in total. The van der Waals surface area contributed by atoms with E-state index in [2.05, 4.69) is 22.2 Å². The van der Waals surface area contributed by atoms with Crippen LogP contribution >= 0.6 is 46.4 Å². The summed E-state index contributed by atoms with van der Waals surface area (Å²) in [5, 5.41) is 5.68. The predicted octanol–water partition coefficient (Wildman–Crippen LogP) is 6.99. The van der Waals surface area contributed by atoms with Crippen molar-refractivity contribution in [1.29, 1.82) is 0 Å². The molecule has 26 heavy (non-hydrogen) atoms. The van der Waals surface area contributed by atoms with Crippen LogP contribution in [0.2, 0.25) is 20.1 Å². The Kier molecular flexibility index (Phi) is 6.13. The van der Waals surface area contributed by atoms with Crippen molar-refractivity contribution in [3.63, 3.8) is 0 Å². The molecule has 0 radical (unpaired) electrons. The van der Waals surface area contributed by atoms with Gasteiger partial charge in [-0.3, -0.25) is 4.98 Å². The number of nitrogens with zero attached hydrogens (tertiary/aromatic N) is 2. The minimum Gasteiger partial charge on any atom is -0.382 e. The Bertz CT molecular complexity index is 959. The van der Waals surface area contributed by atoms with Crippen LogP contribution in [0.3, 0.4) is 0 Å². The first-order chi connectivity index (χ1) is 12.3. The van der Waals surface area contributed by atoms with Crippen molar-refractivity contribution >= 4 is 63.1 Å². The summed E-state index contributed by atoms with van der Waals surface area (Å²) in [5.74, 6) is 0. The van der Waals surface area contributed by atoms with Gasteiger partial charge >= 0.3 is 0 Å². The number of aromatic nitrogens is 2. The number of benzene rings is 2. The SMILES string of the molecule is C[C@H]1CCc2cc(Cl)c(Cl)cc2N1.Cc1cnc2cc(Cl)c(Cl)cc2n1. The zero-order valence-electron chi connectivity index (χ0n) is 14.3. The van der Waals surface area contributed by atoms with Crippen LogP contribution in [0, 0.1) is 6.92 Å². The van der Waals surface area contributed by atoms with Crippen LogP contribution in [0.1, 0.15) is 24.6 Å². The Morgan fingerprint density at radius 3 is 2.27 bits per heavy atom. The van der Waals surface area contributed by atoms with Crippen molar-refractivity contribution in [2.75, 3.05) is 5.32 Å². The zero-order chi connectivity index (χ0) is 18.8. The summed E-state index contributed by atoms with van der Waals surface area (Å²) < 4.78 is 0. The number of aryl methyl sites for hydroxylation is 2. The third-order valence-electron chi connectivity index (χ3n) is 4.10. The molecule has 1 aromatic heterocycles. The molecule has 4 rings (SSSR count). The highest BCUT2D eigenvalue weighted by Gasteiger charge is 2.15. The van der Waals surface area contributed by atoms with Gasteiger partial charge in [0.25, 0.3) is 0 Å². The molecule has 1 aliphatic rings. The molecule has 3 aromatic rings. The van der Waals surface area contributed by atoms with Gasteiger partial charge in [0.05, 0.1) is 36.8 Å². The minimum atomic E-state index is 0.507. The van der Waals surface area contributed by atoms with Crippen molar-refractivity contribution in [1.82, 2.24) is 9.97 Å². The van der Waals surface area contributed by atoms with Gasteiger partial charge in [-0.05, 0) is 56.5 Å². The molecule has 0 saturated heterocycles. The fraction of sp³-hybridized carbons (Fsp3) is 0.263. The lowest BCUT2D eigenvalue weighted by atomic mass is 9.99. The van der Waals surface area contributed by atoms with E-state index in [1.54, 1.807) is 18.3 Å². The van der Waals surface area contributed by atoms with E-state index in [4.69, 9.17) is 46.4 Å². The van der Waals surface area contributed by atoms with Crippen LogP contribution in [0.5, 0.6) is 0 Å². The molecule has 2 heterocycles. The van der Waals surface area contributed by atoms with Gasteiger partial charge in [0.2, 0.25) is 0 Å². The molecule has 1 aliphatic heterocycles. The summed E-state index contributed by atoms with van der Waals surface area (Å²) in [4.78, 5) is 8.45. The highest BCUT2D eigenvalue weighted by Crippen LogP contribution is 2.33. The minimum absolute atomic E-state index is 0.507. The van der Waals surface area contributed by atoms with Crippen LogP contribution in [0.4, 0.5) is 5.69 Å². The van der Waals surface area contributed by atoms with E-state index < -0.39 is 0 Å². The quantitative estimate of drug-likeness (QED) is 0.419. The van der Waals surface area contributed by atoms with Crippen molar-refractivity contribution in [2.24, 2.45) is 0 Å². The van der Waals surface area contributed by atoms with E-state index in [-0.39, 0.29) is 0 Å². The van der Waals surface area contributed by atoms with Crippen LogP contribution in [-0.4, -0.2) is 16.0 Å². The monoisotopic (exact) mass is 427 g/mol. The summed E-state index contributed by atoms with van der Waals surface area (Å²) >= 11 is 23.5. The average Bonchev–Trinajstić information content (AvgIpc) is 2.58. The van der Waals surface area contributed by atoms with Crippen molar-refractivity contribution in [3.05, 3.63) is 61.8 Å². The molecule has 0 aliphatic carbocycles. The second-order valence-electron chi connectivity index (χ2n) is 6.27. The maximum absolute atomic E-state index is 5.92. The van der Waals surface area contributed by atoms with E-state index in [9.17, 15) is 0 Å². The standard InChI is InChI=1S/C10H11Cl2N.C9H6Cl2N2/c1-6-2-3-7-4-8(11)9(12)5-10(7)13-6;1-5-4-12-8-2-6(10)7(11)3-9(8)13-5/h4-6,13H,2-3H2,1H3;2-4H,1H3/t6-;/m0./s1. The van der Waals surface area contributed by atoms with Gasteiger partial charge in [0.15, 0.2) is 0 Å². The molecule has 0 saturated carbocycles. The summed E-state index contributed by atoms with van der Waals surface area (Å²) in [5.41, 5.74) is 4.81. The molecule has 0 unspecified atom stereocenters. The summed E-state index contributed by atoms with van der Waals surface area (Å²) in [6.07, 6.45) is 3.94. The number of hydrogen-bond donors (Lipinski definition) is 1. The number of anilines is 1. The molecular formula is C19H17Cl4N3. The Hall–Kier alpha value is -1.26. The van der Waals surface area contributed by atoms with Gasteiger partial charge in [0, 0.05) is 17.9 Å². The lowest BCUT2D eigenvalue weighted by Crippen LogP contribution is -2.21. The zero-order valence-corrected chi connectivity index (χ0v) is 17.3. The lowest BCUT2D eigenvalue weighted by Gasteiger charge is -2.24. The number of rotatable bonds is 0. The molecule has 7 heteroatoms. The molecule has 0 bridgehead atoms. The van der Waals surface area contributed by atoms with Crippen LogP contribution < -0.4 is 5.32 Å². The molecule has 1 atom stereocenters. The Morgan fingerprint density at radius 1 is 0.923 bits per heavy atom. The number of nitrogens with one attached hydrogen (secondary N) is 1. The maximum atomic E-state index is 5.92. The van der Waals surface area contributed by atoms with Crippen LogP contribution in [-0.2, 0) is 6.42 Å². The van der Waals surface area contributed by atoms with Crippen LogP contribution in [0.25, 0.3) is 11.0 Å². The molecule has 136 valence electrons. The first-order valence-electron chi connectivity index (χ1n) is 8.16. The third kappa shape index (κ3) is 4.52. The highest BCUT2D eigenvalue weighted by atomic mass is 35.5. The summed E-state index contributed by atoms with van der Waals surface area (Å²) in [6.45, 7) is 4.06. The van der Waals surface area contributed by atoms with Gasteiger partial charge in [-0.25, -0.2) is 4.98 Å². The third-order valence-corrected chi connectivity index (χ3v) is 5.54. The Balaban J connectivity index is 0.000000151. The van der Waals surface area contributed by atoms with Gasteiger partial charge in [0.1, 0.15) is 0 Å². The average molecular weight is 429 g/mol. The normalized spacial score (nSPS) is 15.7. The second kappa shape index (κ2) is 8.18. The first kappa shape index (κ1) is 19.5. The van der Waals surface area contributed by atoms with Gasteiger partial charge < -0.3 is 5.32 Å². The molecule has 0 spiro atoms. The van der Waals surface area contributed by atoms with Gasteiger partial charge in [-0.2, -0.15) is 0 Å². The van der Waals surface area contributed by atoms with E-state index in [0.717, 1.165) is 35.3 Å². The lowest BCUT2D eigenvalue weighted by molar-refractivity contribution is 0.681. The van der Waals surface area contributed by atoms with E-state index in [0.29, 0.717) is 26.1 Å².